The van der Waals surface area contributed by atoms with Crippen molar-refractivity contribution in [3.05, 3.63) is 124 Å². The molecule has 4 amide bonds. The lowest BCUT2D eigenvalue weighted by Gasteiger charge is -2.26. The molecule has 1 fully saturated rings. The third-order valence-electron chi connectivity index (χ3n) is 6.41. The molecule has 1 aliphatic heterocycles. The highest BCUT2D eigenvalue weighted by molar-refractivity contribution is 6.39. The molecule has 1 saturated heterocycles. The van der Waals surface area contributed by atoms with Gasteiger partial charge in [-0.15, -0.1) is 0 Å². The van der Waals surface area contributed by atoms with Gasteiger partial charge in [-0.3, -0.25) is 14.9 Å². The summed E-state index contributed by atoms with van der Waals surface area (Å²) in [6, 6.07) is 23.7. The van der Waals surface area contributed by atoms with Crippen molar-refractivity contribution >= 4 is 41.2 Å². The van der Waals surface area contributed by atoms with Crippen molar-refractivity contribution in [2.24, 2.45) is 0 Å². The molecular formula is C33H26ClFN2O6. The van der Waals surface area contributed by atoms with Crippen LogP contribution < -0.4 is 24.4 Å². The second kappa shape index (κ2) is 13.2. The third kappa shape index (κ3) is 7.02. The summed E-state index contributed by atoms with van der Waals surface area (Å²) in [7, 11) is 0. The van der Waals surface area contributed by atoms with E-state index in [2.05, 4.69) is 5.32 Å². The van der Waals surface area contributed by atoms with Gasteiger partial charge in [-0.05, 0) is 78.7 Å². The summed E-state index contributed by atoms with van der Waals surface area (Å²) in [5.74, 6) is -0.700. The Morgan fingerprint density at radius 3 is 2.37 bits per heavy atom. The monoisotopic (exact) mass is 600 g/mol. The fourth-order valence-electron chi connectivity index (χ4n) is 4.32. The van der Waals surface area contributed by atoms with E-state index in [1.54, 1.807) is 67.6 Å². The number of amides is 4. The fourth-order valence-corrected chi connectivity index (χ4v) is 4.51. The fraction of sp³-hybridized carbons (Fsp3) is 0.121. The average Bonchev–Trinajstić information content (AvgIpc) is 2.99. The highest BCUT2D eigenvalue weighted by Crippen LogP contribution is 2.31. The van der Waals surface area contributed by atoms with E-state index in [1.165, 1.54) is 18.2 Å². The summed E-state index contributed by atoms with van der Waals surface area (Å²) >= 11 is 6.18. The van der Waals surface area contributed by atoms with E-state index < -0.39 is 17.8 Å². The number of urea groups is 1. The Hall–Kier alpha value is -5.15. The van der Waals surface area contributed by atoms with Gasteiger partial charge in [0.2, 0.25) is 0 Å². The molecular weight excluding hydrogens is 575 g/mol. The molecule has 1 heterocycles. The van der Waals surface area contributed by atoms with Crippen LogP contribution >= 0.6 is 11.6 Å². The van der Waals surface area contributed by atoms with Crippen molar-refractivity contribution in [1.82, 2.24) is 5.32 Å². The molecule has 218 valence electrons. The molecule has 5 rings (SSSR count). The van der Waals surface area contributed by atoms with Gasteiger partial charge in [-0.2, -0.15) is 0 Å². The van der Waals surface area contributed by atoms with Gasteiger partial charge in [0, 0.05) is 10.6 Å². The van der Waals surface area contributed by atoms with E-state index in [0.717, 1.165) is 10.5 Å². The molecule has 43 heavy (non-hydrogen) atoms. The van der Waals surface area contributed by atoms with E-state index in [0.29, 0.717) is 40.0 Å². The maximum absolute atomic E-state index is 13.5. The number of nitrogens with zero attached hydrogens (tertiary/aromatic N) is 1. The number of imide groups is 2. The number of halogens is 2. The van der Waals surface area contributed by atoms with E-state index in [1.807, 2.05) is 18.2 Å². The Kier molecular flexibility index (Phi) is 9.02. The first kappa shape index (κ1) is 29.3. The Morgan fingerprint density at radius 1 is 0.837 bits per heavy atom. The second-order valence-electron chi connectivity index (χ2n) is 9.39. The molecule has 4 aromatic carbocycles. The minimum atomic E-state index is -0.868. The summed E-state index contributed by atoms with van der Waals surface area (Å²) in [5, 5.41) is 2.80. The van der Waals surface area contributed by atoms with Gasteiger partial charge in [0.25, 0.3) is 11.8 Å². The Labute approximate surface area is 252 Å². The van der Waals surface area contributed by atoms with Crippen LogP contribution in [-0.2, 0) is 22.8 Å². The molecule has 0 radical (unpaired) electrons. The van der Waals surface area contributed by atoms with Crippen LogP contribution in [0.4, 0.5) is 14.9 Å². The van der Waals surface area contributed by atoms with E-state index in [-0.39, 0.29) is 30.3 Å². The van der Waals surface area contributed by atoms with Crippen molar-refractivity contribution in [2.45, 2.75) is 20.1 Å². The predicted molar refractivity (Wildman–Crippen MR) is 160 cm³/mol. The summed E-state index contributed by atoms with van der Waals surface area (Å²) in [6.07, 6.45) is 1.37. The normalized spacial score (nSPS) is 14.1. The quantitative estimate of drug-likeness (QED) is 0.161. The van der Waals surface area contributed by atoms with Crippen LogP contribution in [0.2, 0.25) is 5.02 Å². The number of benzene rings is 4. The topological polar surface area (TPSA) is 94.2 Å². The highest BCUT2D eigenvalue weighted by atomic mass is 35.5. The zero-order chi connectivity index (χ0) is 30.3. The number of rotatable bonds is 10. The van der Waals surface area contributed by atoms with Crippen LogP contribution in [0, 0.1) is 5.82 Å². The van der Waals surface area contributed by atoms with Crippen LogP contribution in [0.25, 0.3) is 6.08 Å². The number of barbiturate groups is 1. The highest BCUT2D eigenvalue weighted by Gasteiger charge is 2.36. The van der Waals surface area contributed by atoms with Crippen LogP contribution in [0.1, 0.15) is 23.6 Å². The van der Waals surface area contributed by atoms with Gasteiger partial charge in [0.05, 0.1) is 12.3 Å². The Balaban J connectivity index is 1.33. The molecule has 1 N–H and O–H groups in total. The molecule has 0 unspecified atom stereocenters. The van der Waals surface area contributed by atoms with Gasteiger partial charge in [0.1, 0.15) is 30.4 Å². The summed E-state index contributed by atoms with van der Waals surface area (Å²) in [4.78, 5) is 39.6. The van der Waals surface area contributed by atoms with Gasteiger partial charge in [-0.25, -0.2) is 14.1 Å². The number of carbonyl (C=O) groups excluding carboxylic acids is 3. The SMILES string of the molecule is CCOc1cc(/C=C2\C(=O)NC(=O)N(c3ccc(OCc4ccccc4Cl)cc3)C2=O)ccc1OCc1cccc(F)c1. The number of anilines is 1. The van der Waals surface area contributed by atoms with Crippen molar-refractivity contribution in [3.8, 4) is 17.2 Å². The lowest BCUT2D eigenvalue weighted by molar-refractivity contribution is -0.122. The van der Waals surface area contributed by atoms with Crippen LogP contribution in [0.3, 0.4) is 0 Å². The zero-order valence-corrected chi connectivity index (χ0v) is 23.8. The minimum absolute atomic E-state index is 0.111. The van der Waals surface area contributed by atoms with Gasteiger partial charge >= 0.3 is 6.03 Å². The van der Waals surface area contributed by atoms with E-state index >= 15 is 0 Å². The van der Waals surface area contributed by atoms with Crippen LogP contribution in [0.5, 0.6) is 17.2 Å². The van der Waals surface area contributed by atoms with Crippen molar-refractivity contribution in [2.75, 3.05) is 11.5 Å². The number of nitrogens with one attached hydrogen (secondary N) is 1. The van der Waals surface area contributed by atoms with Gasteiger partial charge in [0.15, 0.2) is 11.5 Å². The standard InChI is InChI=1S/C33H26ClFN2O6/c1-2-41-30-18-21(10-15-29(30)43-19-22-6-5-8-24(35)16-22)17-27-31(38)36-33(40)37(32(27)39)25-11-13-26(14-12-25)42-20-23-7-3-4-9-28(23)34/h3-18H,2,19-20H2,1H3,(H,36,38,40)/b27-17+. The van der Waals surface area contributed by atoms with E-state index in [4.69, 9.17) is 25.8 Å². The first-order valence-corrected chi connectivity index (χ1v) is 13.7. The van der Waals surface area contributed by atoms with Gasteiger partial charge < -0.3 is 14.2 Å². The lowest BCUT2D eigenvalue weighted by atomic mass is 10.1. The Morgan fingerprint density at radius 2 is 1.63 bits per heavy atom. The molecule has 0 bridgehead atoms. The van der Waals surface area contributed by atoms with Crippen LogP contribution in [-0.4, -0.2) is 24.5 Å². The first-order valence-electron chi connectivity index (χ1n) is 13.3. The zero-order valence-electron chi connectivity index (χ0n) is 23.0. The average molecular weight is 601 g/mol. The van der Waals surface area contributed by atoms with Crippen LogP contribution in [0.15, 0.2) is 96.6 Å². The molecule has 0 saturated carbocycles. The molecule has 8 nitrogen and oxygen atoms in total. The number of hydrogen-bond acceptors (Lipinski definition) is 6. The summed E-state index contributed by atoms with van der Waals surface area (Å²) in [6.45, 7) is 2.48. The second-order valence-corrected chi connectivity index (χ2v) is 9.80. The maximum Gasteiger partial charge on any atom is 0.335 e. The first-order chi connectivity index (χ1) is 20.8. The minimum Gasteiger partial charge on any atom is -0.490 e. The molecule has 10 heteroatoms. The predicted octanol–water partition coefficient (Wildman–Crippen LogP) is 6.70. The van der Waals surface area contributed by atoms with Crippen molar-refractivity contribution in [1.29, 1.82) is 0 Å². The number of carbonyl (C=O) groups is 3. The summed E-state index contributed by atoms with van der Waals surface area (Å²) < 4.78 is 30.9. The van der Waals surface area contributed by atoms with E-state index in [9.17, 15) is 18.8 Å². The van der Waals surface area contributed by atoms with Gasteiger partial charge in [-0.1, -0.05) is 48.0 Å². The number of ether oxygens (including phenoxy) is 3. The largest absolute Gasteiger partial charge is 0.490 e. The molecule has 0 aromatic heterocycles. The smallest absolute Gasteiger partial charge is 0.335 e. The van der Waals surface area contributed by atoms with Crippen molar-refractivity contribution < 1.29 is 33.0 Å². The molecule has 4 aromatic rings. The third-order valence-corrected chi connectivity index (χ3v) is 6.78. The molecule has 0 atom stereocenters. The lowest BCUT2D eigenvalue weighted by Crippen LogP contribution is -2.54. The molecule has 0 aliphatic carbocycles. The molecule has 0 spiro atoms. The number of hydrogen-bond donors (Lipinski definition) is 1. The van der Waals surface area contributed by atoms with Crippen molar-refractivity contribution in [3.63, 3.8) is 0 Å². The molecule has 1 aliphatic rings. The summed E-state index contributed by atoms with van der Waals surface area (Å²) in [5.41, 5.74) is 1.93. The Bertz CT molecular complexity index is 1710. The maximum atomic E-state index is 13.5.